The van der Waals surface area contributed by atoms with E-state index in [0.29, 0.717) is 6.42 Å². The number of halogens is 4. The van der Waals surface area contributed by atoms with Gasteiger partial charge in [-0.05, 0) is 31.4 Å². The Labute approximate surface area is 62.2 Å². The van der Waals surface area contributed by atoms with Crippen molar-refractivity contribution in [1.29, 1.82) is 0 Å². The van der Waals surface area contributed by atoms with Crippen molar-refractivity contribution >= 4 is 0 Å². The van der Waals surface area contributed by atoms with Crippen LogP contribution in [0.15, 0.2) is 24.3 Å². The highest BCUT2D eigenvalue weighted by Gasteiger charge is 1.89. The van der Waals surface area contributed by atoms with Crippen molar-refractivity contribution in [2.75, 3.05) is 0 Å². The fourth-order valence-corrected chi connectivity index (χ4v) is 0.540. The third-order valence-electron chi connectivity index (χ3n) is 1.01. The number of unbranched alkanes of at least 4 members (excludes halogenated alkanes) is 2. The van der Waals surface area contributed by atoms with E-state index >= 15 is 0 Å². The Bertz CT molecular complexity index is 134. The molecule has 0 unspecified atom stereocenters. The van der Waals surface area contributed by atoms with Crippen molar-refractivity contribution in [2.24, 2.45) is 0 Å². The predicted molar refractivity (Wildman–Crippen MR) is 34.4 cm³/mol. The quantitative estimate of drug-likeness (QED) is 0.443. The zero-order valence-electron chi connectivity index (χ0n) is 5.79. The third-order valence-corrected chi connectivity index (χ3v) is 1.01. The largest absolute Gasteiger partial charge is 0.266 e. The maximum Gasteiger partial charge on any atom is 0.266 e. The van der Waals surface area contributed by atoms with Gasteiger partial charge in [-0.1, -0.05) is 0 Å². The van der Waals surface area contributed by atoms with Gasteiger partial charge in [-0.25, -0.2) is 0 Å². The Balaban J connectivity index is 3.29. The minimum Gasteiger partial charge on any atom is -0.174 e. The van der Waals surface area contributed by atoms with Gasteiger partial charge >= 0.3 is 0 Å². The molecule has 0 aromatic rings. The molecule has 0 radical (unpaired) electrons. The first-order valence-electron chi connectivity index (χ1n) is 3.15. The number of hydrogen-bond acceptors (Lipinski definition) is 0. The molecule has 11 heavy (non-hydrogen) atoms. The first kappa shape index (κ1) is 10.2. The molecular weight excluding hydrogens is 160 g/mol. The summed E-state index contributed by atoms with van der Waals surface area (Å²) in [5.41, 5.74) is 0. The molecule has 0 aromatic carbocycles. The van der Waals surface area contributed by atoms with Crippen LogP contribution in [0.25, 0.3) is 0 Å². The summed E-state index contributed by atoms with van der Waals surface area (Å²) in [6, 6.07) is 0. The topological polar surface area (TPSA) is 0 Å². The summed E-state index contributed by atoms with van der Waals surface area (Å²) in [6.45, 7) is 0. The first-order chi connectivity index (χ1) is 5.13. The standard InChI is InChI=1S/C7H8F4/c8-6(9)4-2-1-3-5-7(10)11/h4-5H,1-3H2. The summed E-state index contributed by atoms with van der Waals surface area (Å²) < 4.78 is 45.3. The molecule has 0 fully saturated rings. The monoisotopic (exact) mass is 168 g/mol. The molecule has 0 aliphatic carbocycles. The second-order valence-corrected chi connectivity index (χ2v) is 1.92. The number of hydrogen-bond donors (Lipinski definition) is 0. The van der Waals surface area contributed by atoms with Crippen molar-refractivity contribution in [2.45, 2.75) is 19.3 Å². The van der Waals surface area contributed by atoms with Gasteiger partial charge in [0.2, 0.25) is 0 Å². The summed E-state index contributed by atoms with van der Waals surface area (Å²) in [5.74, 6) is 0. The SMILES string of the molecule is FC(F)=CCCCC=C(F)F. The van der Waals surface area contributed by atoms with Gasteiger partial charge in [-0.3, -0.25) is 0 Å². The summed E-state index contributed by atoms with van der Waals surface area (Å²) in [5, 5.41) is 0. The van der Waals surface area contributed by atoms with Gasteiger partial charge in [0.1, 0.15) is 0 Å². The lowest BCUT2D eigenvalue weighted by molar-refractivity contribution is 0.414. The molecule has 0 spiro atoms. The highest BCUT2D eigenvalue weighted by Crippen LogP contribution is 2.06. The Kier molecular flexibility index (Phi) is 5.51. The molecule has 0 atom stereocenters. The number of rotatable bonds is 4. The predicted octanol–water partition coefficient (Wildman–Crippen LogP) is 3.72. The van der Waals surface area contributed by atoms with Crippen molar-refractivity contribution in [3.05, 3.63) is 24.3 Å². The molecule has 0 saturated heterocycles. The Morgan fingerprint density at radius 1 is 0.818 bits per heavy atom. The molecular formula is C7H8F4. The molecule has 0 aromatic heterocycles. The fourth-order valence-electron chi connectivity index (χ4n) is 0.540. The highest BCUT2D eigenvalue weighted by atomic mass is 19.3. The van der Waals surface area contributed by atoms with Crippen LogP contribution in [0.4, 0.5) is 17.6 Å². The second-order valence-electron chi connectivity index (χ2n) is 1.92. The van der Waals surface area contributed by atoms with Crippen LogP contribution in [0.3, 0.4) is 0 Å². The average Bonchev–Trinajstić information content (AvgIpc) is 1.85. The van der Waals surface area contributed by atoms with E-state index in [1.54, 1.807) is 0 Å². The number of allylic oxidation sites excluding steroid dienone is 2. The van der Waals surface area contributed by atoms with Crippen LogP contribution < -0.4 is 0 Å². The van der Waals surface area contributed by atoms with E-state index < -0.39 is 12.2 Å². The maximum atomic E-state index is 11.3. The molecule has 0 bridgehead atoms. The van der Waals surface area contributed by atoms with E-state index in [9.17, 15) is 17.6 Å². The van der Waals surface area contributed by atoms with Crippen LogP contribution in [0.2, 0.25) is 0 Å². The van der Waals surface area contributed by atoms with Crippen LogP contribution in [0.1, 0.15) is 19.3 Å². The van der Waals surface area contributed by atoms with Gasteiger partial charge in [-0.15, -0.1) is 0 Å². The van der Waals surface area contributed by atoms with Gasteiger partial charge in [0.25, 0.3) is 12.2 Å². The molecule has 4 heteroatoms. The van der Waals surface area contributed by atoms with Gasteiger partial charge in [0.05, 0.1) is 0 Å². The van der Waals surface area contributed by atoms with E-state index in [4.69, 9.17) is 0 Å². The molecule has 0 rings (SSSR count). The summed E-state index contributed by atoms with van der Waals surface area (Å²) in [7, 11) is 0. The van der Waals surface area contributed by atoms with E-state index in [2.05, 4.69) is 0 Å². The molecule has 0 N–H and O–H groups in total. The zero-order chi connectivity index (χ0) is 8.69. The summed E-state index contributed by atoms with van der Waals surface area (Å²) >= 11 is 0. The van der Waals surface area contributed by atoms with E-state index in [1.807, 2.05) is 0 Å². The van der Waals surface area contributed by atoms with Crippen molar-refractivity contribution in [3.63, 3.8) is 0 Å². The highest BCUT2D eigenvalue weighted by molar-refractivity contribution is 4.84. The normalized spacial score (nSPS) is 9.09. The summed E-state index contributed by atoms with van der Waals surface area (Å²) in [4.78, 5) is 0. The first-order valence-corrected chi connectivity index (χ1v) is 3.15. The van der Waals surface area contributed by atoms with Crippen LogP contribution in [0.5, 0.6) is 0 Å². The van der Waals surface area contributed by atoms with Gasteiger partial charge in [-0.2, -0.15) is 17.6 Å². The lowest BCUT2D eigenvalue weighted by Crippen LogP contribution is -1.70. The Morgan fingerprint density at radius 2 is 1.18 bits per heavy atom. The minimum absolute atomic E-state index is 0.145. The molecule has 0 aliphatic rings. The van der Waals surface area contributed by atoms with Crippen molar-refractivity contribution in [1.82, 2.24) is 0 Å². The van der Waals surface area contributed by atoms with Crippen LogP contribution in [-0.4, -0.2) is 0 Å². The molecule has 0 nitrogen and oxygen atoms in total. The van der Waals surface area contributed by atoms with E-state index in [0.717, 1.165) is 12.2 Å². The maximum absolute atomic E-state index is 11.3. The summed E-state index contributed by atoms with van der Waals surface area (Å²) in [6.07, 6.45) is -1.44. The smallest absolute Gasteiger partial charge is 0.174 e. The average molecular weight is 168 g/mol. The van der Waals surface area contributed by atoms with Gasteiger partial charge in [0.15, 0.2) is 0 Å². The Morgan fingerprint density at radius 3 is 1.45 bits per heavy atom. The molecule has 0 aliphatic heterocycles. The molecule has 0 heterocycles. The van der Waals surface area contributed by atoms with E-state index in [1.165, 1.54) is 0 Å². The van der Waals surface area contributed by atoms with Gasteiger partial charge in [0, 0.05) is 0 Å². The molecule has 64 valence electrons. The van der Waals surface area contributed by atoms with E-state index in [-0.39, 0.29) is 12.8 Å². The second kappa shape index (κ2) is 5.95. The minimum atomic E-state index is -1.75. The lowest BCUT2D eigenvalue weighted by atomic mass is 10.2. The zero-order valence-corrected chi connectivity index (χ0v) is 5.79. The van der Waals surface area contributed by atoms with Crippen LogP contribution >= 0.6 is 0 Å². The van der Waals surface area contributed by atoms with Crippen LogP contribution in [0, 0.1) is 0 Å². The lowest BCUT2D eigenvalue weighted by Gasteiger charge is -1.87. The van der Waals surface area contributed by atoms with Crippen molar-refractivity contribution < 1.29 is 17.6 Å². The Hall–Kier alpha value is -0.800. The molecule has 0 amide bonds. The molecule has 0 saturated carbocycles. The third kappa shape index (κ3) is 9.20. The van der Waals surface area contributed by atoms with Crippen LogP contribution in [-0.2, 0) is 0 Å². The fraction of sp³-hybridized carbons (Fsp3) is 0.429. The van der Waals surface area contributed by atoms with Gasteiger partial charge < -0.3 is 0 Å². The van der Waals surface area contributed by atoms with Crippen molar-refractivity contribution in [3.8, 4) is 0 Å².